The first-order chi connectivity index (χ1) is 12.4. The van der Waals surface area contributed by atoms with Gasteiger partial charge in [-0.2, -0.15) is 0 Å². The quantitative estimate of drug-likeness (QED) is 0.614. The molecule has 0 atom stereocenters. The van der Waals surface area contributed by atoms with Crippen molar-refractivity contribution in [3.63, 3.8) is 0 Å². The number of rotatable bonds is 4. The summed E-state index contributed by atoms with van der Waals surface area (Å²) in [5.74, 6) is -0.311. The monoisotopic (exact) mass is 368 g/mol. The summed E-state index contributed by atoms with van der Waals surface area (Å²) in [5.41, 5.74) is 2.09. The van der Waals surface area contributed by atoms with Crippen LogP contribution in [-0.4, -0.2) is 39.1 Å². The van der Waals surface area contributed by atoms with E-state index in [1.54, 1.807) is 24.3 Å². The van der Waals surface area contributed by atoms with E-state index in [0.29, 0.717) is 0 Å². The molecule has 26 heavy (non-hydrogen) atoms. The summed E-state index contributed by atoms with van der Waals surface area (Å²) in [5, 5.41) is 0. The number of Topliss-reactive ketones (excluding diaryl/α,β-unsaturated/α-hetero) is 1. The standard InChI is InChI=1S/C20H20N2O3S/c1-4-13-22-18(14-15-9-11-16(12-10-15)21(2)3)20(23)17-7-5-6-8-19(17)26(22,24)25/h4-12,14H,1,13H2,2-3H3/b18-14+. The van der Waals surface area contributed by atoms with Crippen LogP contribution in [0.1, 0.15) is 15.9 Å². The van der Waals surface area contributed by atoms with Crippen molar-refractivity contribution < 1.29 is 13.2 Å². The summed E-state index contributed by atoms with van der Waals surface area (Å²) in [6, 6.07) is 13.8. The number of fused-ring (bicyclic) bond motifs is 1. The van der Waals surface area contributed by atoms with E-state index >= 15 is 0 Å². The number of allylic oxidation sites excluding steroid dienone is 1. The topological polar surface area (TPSA) is 57.7 Å². The second kappa shape index (κ2) is 6.80. The maximum Gasteiger partial charge on any atom is 0.265 e. The van der Waals surface area contributed by atoms with Crippen LogP contribution in [0.5, 0.6) is 0 Å². The van der Waals surface area contributed by atoms with Gasteiger partial charge < -0.3 is 4.90 Å². The largest absolute Gasteiger partial charge is 0.378 e. The van der Waals surface area contributed by atoms with E-state index in [4.69, 9.17) is 0 Å². The minimum Gasteiger partial charge on any atom is -0.378 e. The molecule has 0 saturated heterocycles. The van der Waals surface area contributed by atoms with Crippen molar-refractivity contribution in [2.24, 2.45) is 0 Å². The third-order valence-corrected chi connectivity index (χ3v) is 6.05. The first-order valence-corrected chi connectivity index (χ1v) is 9.56. The van der Waals surface area contributed by atoms with Crippen molar-refractivity contribution in [1.29, 1.82) is 0 Å². The highest BCUT2D eigenvalue weighted by Gasteiger charge is 2.38. The summed E-state index contributed by atoms with van der Waals surface area (Å²) in [4.78, 5) is 15.0. The Hall–Kier alpha value is -2.86. The molecule has 0 aromatic heterocycles. The molecule has 1 aliphatic heterocycles. The number of hydrogen-bond donors (Lipinski definition) is 0. The van der Waals surface area contributed by atoms with Crippen molar-refractivity contribution in [3.05, 3.63) is 78.0 Å². The van der Waals surface area contributed by atoms with Crippen LogP contribution in [0.25, 0.3) is 6.08 Å². The van der Waals surface area contributed by atoms with Gasteiger partial charge in [0.2, 0.25) is 5.78 Å². The van der Waals surface area contributed by atoms with Crippen molar-refractivity contribution in [1.82, 2.24) is 4.31 Å². The molecule has 2 aromatic carbocycles. The Morgan fingerprint density at radius 1 is 1.08 bits per heavy atom. The van der Waals surface area contributed by atoms with Gasteiger partial charge in [-0.25, -0.2) is 8.42 Å². The van der Waals surface area contributed by atoms with Gasteiger partial charge in [0.25, 0.3) is 10.0 Å². The van der Waals surface area contributed by atoms with Gasteiger partial charge in [0, 0.05) is 25.3 Å². The second-order valence-electron chi connectivity index (χ2n) is 6.17. The van der Waals surface area contributed by atoms with E-state index in [9.17, 15) is 13.2 Å². The third-order valence-electron chi connectivity index (χ3n) is 4.21. The number of benzene rings is 2. The van der Waals surface area contributed by atoms with Gasteiger partial charge in [-0.3, -0.25) is 9.10 Å². The lowest BCUT2D eigenvalue weighted by atomic mass is 10.0. The normalized spacial score (nSPS) is 17.1. The van der Waals surface area contributed by atoms with Crippen molar-refractivity contribution >= 4 is 27.6 Å². The highest BCUT2D eigenvalue weighted by atomic mass is 32.2. The van der Waals surface area contributed by atoms with Crippen molar-refractivity contribution in [2.75, 3.05) is 25.5 Å². The first kappa shape index (κ1) is 17.9. The molecule has 1 aliphatic rings. The third kappa shape index (κ3) is 3.04. The molecule has 6 heteroatoms. The number of carbonyl (C=O) groups excluding carboxylic acids is 1. The van der Waals surface area contributed by atoms with Gasteiger partial charge in [-0.1, -0.05) is 30.3 Å². The summed E-state index contributed by atoms with van der Waals surface area (Å²) >= 11 is 0. The highest BCUT2D eigenvalue weighted by molar-refractivity contribution is 7.89. The number of sulfonamides is 1. The average Bonchev–Trinajstić information content (AvgIpc) is 2.63. The average molecular weight is 368 g/mol. The van der Waals surface area contributed by atoms with Crippen molar-refractivity contribution in [3.8, 4) is 0 Å². The molecule has 0 N–H and O–H groups in total. The number of anilines is 1. The van der Waals surface area contributed by atoms with Crippen molar-refractivity contribution in [2.45, 2.75) is 4.90 Å². The Kier molecular flexibility index (Phi) is 4.70. The Labute approximate surface area is 153 Å². The molecule has 0 saturated carbocycles. The first-order valence-electron chi connectivity index (χ1n) is 8.12. The highest BCUT2D eigenvalue weighted by Crippen LogP contribution is 2.33. The maximum absolute atomic E-state index is 13.0. The van der Waals surface area contributed by atoms with E-state index < -0.39 is 10.0 Å². The van der Waals surface area contributed by atoms with Gasteiger partial charge >= 0.3 is 0 Å². The summed E-state index contributed by atoms with van der Waals surface area (Å²) < 4.78 is 27.0. The van der Waals surface area contributed by atoms with Crippen LogP contribution in [0.3, 0.4) is 0 Å². The minimum absolute atomic E-state index is 0.0318. The Bertz CT molecular complexity index is 990. The van der Waals surface area contributed by atoms with Crippen LogP contribution >= 0.6 is 0 Å². The van der Waals surface area contributed by atoms with Gasteiger partial charge in [-0.15, -0.1) is 6.58 Å². The minimum atomic E-state index is -3.80. The second-order valence-corrected chi connectivity index (χ2v) is 8.00. The summed E-state index contributed by atoms with van der Waals surface area (Å²) in [6.07, 6.45) is 3.08. The number of carbonyl (C=O) groups is 1. The zero-order valence-electron chi connectivity index (χ0n) is 14.7. The van der Waals surface area contributed by atoms with Crippen LogP contribution in [0.2, 0.25) is 0 Å². The van der Waals surface area contributed by atoms with E-state index in [2.05, 4.69) is 6.58 Å². The Morgan fingerprint density at radius 2 is 1.73 bits per heavy atom. The van der Waals surface area contributed by atoms with Gasteiger partial charge in [0.15, 0.2) is 0 Å². The van der Waals surface area contributed by atoms with Crippen LogP contribution in [0.4, 0.5) is 5.69 Å². The van der Waals surface area contributed by atoms with E-state index in [0.717, 1.165) is 15.6 Å². The SMILES string of the molecule is C=CCN1/C(=C/c2ccc(N(C)C)cc2)C(=O)c2ccccc2S1(=O)=O. The fourth-order valence-electron chi connectivity index (χ4n) is 2.86. The molecule has 5 nitrogen and oxygen atoms in total. The molecular formula is C20H20N2O3S. The molecule has 2 aromatic rings. The zero-order valence-corrected chi connectivity index (χ0v) is 15.5. The lowest BCUT2D eigenvalue weighted by Gasteiger charge is -2.30. The van der Waals surface area contributed by atoms with Crippen LogP contribution in [-0.2, 0) is 10.0 Å². The maximum atomic E-state index is 13.0. The molecule has 134 valence electrons. The predicted molar refractivity (Wildman–Crippen MR) is 104 cm³/mol. The van der Waals surface area contributed by atoms with Gasteiger partial charge in [-0.05, 0) is 35.9 Å². The molecule has 0 unspecified atom stereocenters. The number of ketones is 1. The molecule has 0 bridgehead atoms. The number of hydrogen-bond acceptors (Lipinski definition) is 4. The molecule has 1 heterocycles. The molecule has 3 rings (SSSR count). The lowest BCUT2D eigenvalue weighted by Crippen LogP contribution is -2.39. The molecule has 0 aliphatic carbocycles. The fourth-order valence-corrected chi connectivity index (χ4v) is 4.48. The smallest absolute Gasteiger partial charge is 0.265 e. The Morgan fingerprint density at radius 3 is 2.35 bits per heavy atom. The number of nitrogens with zero attached hydrogens (tertiary/aromatic N) is 2. The lowest BCUT2D eigenvalue weighted by molar-refractivity contribution is 0.100. The molecule has 0 radical (unpaired) electrons. The zero-order chi connectivity index (χ0) is 18.9. The summed E-state index contributed by atoms with van der Waals surface area (Å²) in [7, 11) is 0.0718. The van der Waals surface area contributed by atoms with E-state index in [-0.39, 0.29) is 28.5 Å². The van der Waals surface area contributed by atoms with E-state index in [1.807, 2.05) is 43.3 Å². The van der Waals surface area contributed by atoms with E-state index in [1.165, 1.54) is 12.1 Å². The van der Waals surface area contributed by atoms with Gasteiger partial charge in [0.1, 0.15) is 5.70 Å². The van der Waals surface area contributed by atoms with Gasteiger partial charge in [0.05, 0.1) is 11.4 Å². The molecule has 0 fully saturated rings. The fraction of sp³-hybridized carbons (Fsp3) is 0.150. The Balaban J connectivity index is 2.15. The van der Waals surface area contributed by atoms with Crippen LogP contribution in [0, 0.1) is 0 Å². The van der Waals surface area contributed by atoms with Crippen LogP contribution in [0.15, 0.2) is 71.8 Å². The molecule has 0 spiro atoms. The predicted octanol–water partition coefficient (Wildman–Crippen LogP) is 3.17. The summed E-state index contributed by atoms with van der Waals surface area (Å²) in [6.45, 7) is 3.66. The van der Waals surface area contributed by atoms with Crippen LogP contribution < -0.4 is 4.90 Å². The molecule has 0 amide bonds. The molecular weight excluding hydrogens is 348 g/mol.